The van der Waals surface area contributed by atoms with E-state index in [2.05, 4.69) is 27.5 Å². The SMILES string of the molecule is CCCn1nccc1CNc1cn[nH]c1. The van der Waals surface area contributed by atoms with Crippen LogP contribution in [0.4, 0.5) is 5.69 Å². The van der Waals surface area contributed by atoms with Crippen LogP contribution in [-0.4, -0.2) is 20.0 Å². The second kappa shape index (κ2) is 4.63. The van der Waals surface area contributed by atoms with E-state index in [1.165, 1.54) is 5.69 Å². The van der Waals surface area contributed by atoms with Crippen LogP contribution in [0.25, 0.3) is 0 Å². The van der Waals surface area contributed by atoms with Crippen molar-refractivity contribution in [2.45, 2.75) is 26.4 Å². The second-order valence-electron chi connectivity index (χ2n) is 3.39. The molecule has 0 fully saturated rings. The molecule has 0 atom stereocenters. The van der Waals surface area contributed by atoms with Crippen molar-refractivity contribution in [1.29, 1.82) is 0 Å². The zero-order valence-corrected chi connectivity index (χ0v) is 8.77. The van der Waals surface area contributed by atoms with Crippen molar-refractivity contribution in [3.63, 3.8) is 0 Å². The first-order valence-corrected chi connectivity index (χ1v) is 5.13. The van der Waals surface area contributed by atoms with Crippen molar-refractivity contribution in [2.24, 2.45) is 0 Å². The topological polar surface area (TPSA) is 58.5 Å². The van der Waals surface area contributed by atoms with E-state index in [4.69, 9.17) is 0 Å². The number of nitrogens with zero attached hydrogens (tertiary/aromatic N) is 3. The molecule has 0 aliphatic carbocycles. The van der Waals surface area contributed by atoms with Crippen LogP contribution in [-0.2, 0) is 13.1 Å². The quantitative estimate of drug-likeness (QED) is 0.780. The van der Waals surface area contributed by atoms with Gasteiger partial charge in [0, 0.05) is 18.9 Å². The van der Waals surface area contributed by atoms with E-state index in [0.29, 0.717) is 0 Å². The summed E-state index contributed by atoms with van der Waals surface area (Å²) in [6, 6.07) is 2.03. The van der Waals surface area contributed by atoms with E-state index >= 15 is 0 Å². The van der Waals surface area contributed by atoms with Gasteiger partial charge in [0.15, 0.2) is 0 Å². The van der Waals surface area contributed by atoms with E-state index in [1.54, 1.807) is 6.20 Å². The van der Waals surface area contributed by atoms with E-state index in [1.807, 2.05) is 23.1 Å². The van der Waals surface area contributed by atoms with E-state index in [-0.39, 0.29) is 0 Å². The molecule has 2 rings (SSSR count). The smallest absolute Gasteiger partial charge is 0.0726 e. The third kappa shape index (κ3) is 2.37. The van der Waals surface area contributed by atoms with Crippen molar-refractivity contribution in [3.05, 3.63) is 30.4 Å². The summed E-state index contributed by atoms with van der Waals surface area (Å²) >= 11 is 0. The first-order chi connectivity index (χ1) is 7.40. The number of anilines is 1. The average molecular weight is 205 g/mol. The second-order valence-corrected chi connectivity index (χ2v) is 3.39. The fraction of sp³-hybridized carbons (Fsp3) is 0.400. The number of aromatic amines is 1. The van der Waals surface area contributed by atoms with Crippen LogP contribution in [0.5, 0.6) is 0 Å². The minimum atomic E-state index is 0.777. The lowest BCUT2D eigenvalue weighted by atomic mass is 10.4. The molecule has 0 amide bonds. The molecule has 0 aliphatic heterocycles. The van der Waals surface area contributed by atoms with Gasteiger partial charge >= 0.3 is 0 Å². The highest BCUT2D eigenvalue weighted by Crippen LogP contribution is 2.06. The fourth-order valence-corrected chi connectivity index (χ4v) is 1.46. The Labute approximate surface area is 88.5 Å². The van der Waals surface area contributed by atoms with E-state index in [9.17, 15) is 0 Å². The van der Waals surface area contributed by atoms with Crippen LogP contribution in [0.1, 0.15) is 19.0 Å². The first-order valence-electron chi connectivity index (χ1n) is 5.13. The molecule has 5 heteroatoms. The highest BCUT2D eigenvalue weighted by atomic mass is 15.3. The minimum absolute atomic E-state index is 0.777. The molecule has 15 heavy (non-hydrogen) atoms. The molecule has 2 aromatic heterocycles. The zero-order valence-electron chi connectivity index (χ0n) is 8.77. The van der Waals surface area contributed by atoms with Gasteiger partial charge in [-0.3, -0.25) is 9.78 Å². The summed E-state index contributed by atoms with van der Waals surface area (Å²) in [7, 11) is 0. The predicted molar refractivity (Wildman–Crippen MR) is 58.4 cm³/mol. The van der Waals surface area contributed by atoms with E-state index in [0.717, 1.165) is 25.2 Å². The highest BCUT2D eigenvalue weighted by molar-refractivity contribution is 5.37. The molecule has 0 radical (unpaired) electrons. The van der Waals surface area contributed by atoms with E-state index < -0.39 is 0 Å². The van der Waals surface area contributed by atoms with Gasteiger partial charge in [-0.15, -0.1) is 0 Å². The van der Waals surface area contributed by atoms with Crippen LogP contribution in [0.3, 0.4) is 0 Å². The Hall–Kier alpha value is -1.78. The largest absolute Gasteiger partial charge is 0.377 e. The highest BCUT2D eigenvalue weighted by Gasteiger charge is 2.01. The molecular formula is C10H15N5. The van der Waals surface area contributed by atoms with Crippen LogP contribution in [0.15, 0.2) is 24.7 Å². The zero-order chi connectivity index (χ0) is 10.5. The Kier molecular flexibility index (Phi) is 3.02. The lowest BCUT2D eigenvalue weighted by Crippen LogP contribution is -2.08. The predicted octanol–water partition coefficient (Wildman–Crippen LogP) is 1.63. The fourth-order valence-electron chi connectivity index (χ4n) is 1.46. The maximum absolute atomic E-state index is 4.26. The molecule has 0 spiro atoms. The molecule has 5 nitrogen and oxygen atoms in total. The van der Waals surface area contributed by atoms with Crippen LogP contribution in [0.2, 0.25) is 0 Å². The molecule has 80 valence electrons. The molecule has 0 unspecified atom stereocenters. The summed E-state index contributed by atoms with van der Waals surface area (Å²) in [6.45, 7) is 3.89. The Bertz CT molecular complexity index is 390. The summed E-state index contributed by atoms with van der Waals surface area (Å²) in [5.41, 5.74) is 2.19. The number of aryl methyl sites for hydroxylation is 1. The minimum Gasteiger partial charge on any atom is -0.377 e. The summed E-state index contributed by atoms with van der Waals surface area (Å²) in [5, 5.41) is 14.2. The first kappa shape index (κ1) is 9.76. The molecule has 2 aromatic rings. The Morgan fingerprint density at radius 1 is 1.53 bits per heavy atom. The molecule has 0 aliphatic rings. The third-order valence-corrected chi connectivity index (χ3v) is 2.21. The normalized spacial score (nSPS) is 10.5. The maximum Gasteiger partial charge on any atom is 0.0726 e. The number of hydrogen-bond donors (Lipinski definition) is 2. The van der Waals surface area contributed by atoms with Crippen LogP contribution >= 0.6 is 0 Å². The number of aromatic nitrogens is 4. The van der Waals surface area contributed by atoms with Crippen molar-refractivity contribution in [2.75, 3.05) is 5.32 Å². The summed E-state index contributed by atoms with van der Waals surface area (Å²) < 4.78 is 2.02. The number of nitrogens with one attached hydrogen (secondary N) is 2. The molecule has 0 aromatic carbocycles. The van der Waals surface area contributed by atoms with Gasteiger partial charge in [0.1, 0.15) is 0 Å². The van der Waals surface area contributed by atoms with Gasteiger partial charge in [0.2, 0.25) is 0 Å². The molecule has 2 N–H and O–H groups in total. The molecular weight excluding hydrogens is 190 g/mol. The lowest BCUT2D eigenvalue weighted by Gasteiger charge is -2.06. The summed E-state index contributed by atoms with van der Waals surface area (Å²) in [4.78, 5) is 0. The summed E-state index contributed by atoms with van der Waals surface area (Å²) in [5.74, 6) is 0. The van der Waals surface area contributed by atoms with Crippen LogP contribution < -0.4 is 5.32 Å². The van der Waals surface area contributed by atoms with Gasteiger partial charge in [-0.05, 0) is 12.5 Å². The number of hydrogen-bond acceptors (Lipinski definition) is 3. The lowest BCUT2D eigenvalue weighted by molar-refractivity contribution is 0.578. The number of H-pyrrole nitrogens is 1. The number of rotatable bonds is 5. The Morgan fingerprint density at radius 2 is 2.47 bits per heavy atom. The maximum atomic E-state index is 4.26. The van der Waals surface area contributed by atoms with Crippen molar-refractivity contribution < 1.29 is 0 Å². The average Bonchev–Trinajstić information content (AvgIpc) is 2.85. The molecule has 0 saturated heterocycles. The van der Waals surface area contributed by atoms with Gasteiger partial charge in [0.05, 0.1) is 24.1 Å². The van der Waals surface area contributed by atoms with Crippen molar-refractivity contribution in [1.82, 2.24) is 20.0 Å². The van der Waals surface area contributed by atoms with Gasteiger partial charge < -0.3 is 5.32 Å². The van der Waals surface area contributed by atoms with Crippen molar-refractivity contribution >= 4 is 5.69 Å². The van der Waals surface area contributed by atoms with Gasteiger partial charge in [0.25, 0.3) is 0 Å². The molecule has 2 heterocycles. The Balaban J connectivity index is 1.95. The van der Waals surface area contributed by atoms with Gasteiger partial charge in [-0.25, -0.2) is 0 Å². The molecule has 0 saturated carbocycles. The van der Waals surface area contributed by atoms with Gasteiger partial charge in [-0.2, -0.15) is 10.2 Å². The summed E-state index contributed by atoms with van der Waals surface area (Å²) in [6.07, 6.45) is 6.53. The van der Waals surface area contributed by atoms with Gasteiger partial charge in [-0.1, -0.05) is 6.92 Å². The monoisotopic (exact) mass is 205 g/mol. The standard InChI is InChI=1S/C10H15N5/c1-2-5-15-10(3-4-14-15)8-11-9-6-12-13-7-9/h3-4,6-7,11H,2,5,8H2,1H3,(H,12,13). The third-order valence-electron chi connectivity index (χ3n) is 2.21. The Morgan fingerprint density at radius 3 is 3.20 bits per heavy atom. The van der Waals surface area contributed by atoms with Crippen molar-refractivity contribution in [3.8, 4) is 0 Å². The molecule has 0 bridgehead atoms. The van der Waals surface area contributed by atoms with Crippen LogP contribution in [0, 0.1) is 0 Å².